The van der Waals surface area contributed by atoms with Gasteiger partial charge in [0, 0.05) is 0 Å². The average molecular weight is 388 g/mol. The predicted octanol–water partition coefficient (Wildman–Crippen LogP) is 2.32. The number of ether oxygens (including phenoxy) is 2. The summed E-state index contributed by atoms with van der Waals surface area (Å²) in [6, 6.07) is 0. The zero-order chi connectivity index (χ0) is 11.5. The van der Waals surface area contributed by atoms with Crippen LogP contribution in [0.25, 0.3) is 0 Å². The van der Waals surface area contributed by atoms with Gasteiger partial charge in [0.1, 0.15) is 0 Å². The van der Waals surface area contributed by atoms with Gasteiger partial charge in [-0.1, -0.05) is 0 Å². The first-order chi connectivity index (χ1) is 8.40. The second kappa shape index (κ2) is 6.72. The molecule has 3 aliphatic heterocycles. The molecule has 0 aromatic rings. The molecule has 0 aromatic heterocycles. The standard InChI is InChI=1S/C12H20O2S2Te/c1-2-12(7-15-5-9-3-13-9)17-8-11(1)16-6-10-4-14-10/h9-12H,1-8H2. The summed E-state index contributed by atoms with van der Waals surface area (Å²) in [5.41, 5.74) is 0. The molecule has 0 aromatic carbocycles. The van der Waals surface area contributed by atoms with E-state index in [0.29, 0.717) is 12.2 Å². The summed E-state index contributed by atoms with van der Waals surface area (Å²) in [5, 5.41) is 0.981. The monoisotopic (exact) mass is 390 g/mol. The fraction of sp³-hybridized carbons (Fsp3) is 1.00. The Morgan fingerprint density at radius 2 is 1.76 bits per heavy atom. The number of thioether (sulfide) groups is 2. The van der Waals surface area contributed by atoms with Crippen LogP contribution in [0, 0.1) is 0 Å². The summed E-state index contributed by atoms with van der Waals surface area (Å²) < 4.78 is 13.2. The molecule has 0 radical (unpaired) electrons. The Morgan fingerprint density at radius 1 is 1.00 bits per heavy atom. The minimum atomic E-state index is 0.282. The summed E-state index contributed by atoms with van der Waals surface area (Å²) in [6.07, 6.45) is 4.20. The maximum atomic E-state index is 5.28. The van der Waals surface area contributed by atoms with Crippen molar-refractivity contribution in [3.63, 3.8) is 0 Å². The molecule has 0 bridgehead atoms. The quantitative estimate of drug-likeness (QED) is 0.494. The number of epoxide rings is 2. The molecule has 3 fully saturated rings. The van der Waals surface area contributed by atoms with Gasteiger partial charge in [0.2, 0.25) is 0 Å². The van der Waals surface area contributed by atoms with E-state index in [1.54, 1.807) is 4.47 Å². The predicted molar refractivity (Wildman–Crippen MR) is 76.6 cm³/mol. The molecule has 0 amide bonds. The van der Waals surface area contributed by atoms with Crippen LogP contribution >= 0.6 is 23.5 Å². The van der Waals surface area contributed by atoms with Crippen molar-refractivity contribution in [1.82, 2.24) is 0 Å². The Kier molecular flexibility index (Phi) is 5.30. The van der Waals surface area contributed by atoms with Crippen molar-refractivity contribution >= 4 is 44.4 Å². The molecule has 2 nitrogen and oxygen atoms in total. The molecule has 0 spiro atoms. The van der Waals surface area contributed by atoms with E-state index >= 15 is 0 Å². The summed E-state index contributed by atoms with van der Waals surface area (Å²) in [6.45, 7) is 2.05. The van der Waals surface area contributed by atoms with Crippen LogP contribution < -0.4 is 0 Å². The Balaban J connectivity index is 1.24. The van der Waals surface area contributed by atoms with Crippen molar-refractivity contribution in [1.29, 1.82) is 0 Å². The average Bonchev–Trinajstić information content (AvgIpc) is 3.23. The van der Waals surface area contributed by atoms with E-state index in [9.17, 15) is 0 Å². The van der Waals surface area contributed by atoms with E-state index in [4.69, 9.17) is 9.47 Å². The van der Waals surface area contributed by atoms with Crippen LogP contribution in [-0.4, -0.2) is 68.9 Å². The van der Waals surface area contributed by atoms with Gasteiger partial charge >= 0.3 is 123 Å². The van der Waals surface area contributed by atoms with Crippen LogP contribution in [-0.2, 0) is 9.47 Å². The Labute approximate surface area is 122 Å². The molecule has 0 N–H and O–H groups in total. The van der Waals surface area contributed by atoms with E-state index in [0.717, 1.165) is 22.4 Å². The van der Waals surface area contributed by atoms with Gasteiger partial charge in [-0.25, -0.2) is 0 Å². The van der Waals surface area contributed by atoms with Gasteiger partial charge in [-0.05, 0) is 0 Å². The summed E-state index contributed by atoms with van der Waals surface area (Å²) in [7, 11) is 0. The number of hydrogen-bond acceptors (Lipinski definition) is 4. The number of hydrogen-bond donors (Lipinski definition) is 0. The van der Waals surface area contributed by atoms with Gasteiger partial charge in [-0.3, -0.25) is 0 Å². The van der Waals surface area contributed by atoms with Crippen LogP contribution in [0.4, 0.5) is 0 Å². The normalized spacial score (nSPS) is 40.2. The molecule has 0 saturated carbocycles. The second-order valence-electron chi connectivity index (χ2n) is 4.94. The third kappa shape index (κ3) is 5.12. The summed E-state index contributed by atoms with van der Waals surface area (Å²) in [5.74, 6) is 3.93. The first-order valence-electron chi connectivity index (χ1n) is 6.44. The molecule has 17 heavy (non-hydrogen) atoms. The van der Waals surface area contributed by atoms with Crippen molar-refractivity contribution in [3.8, 4) is 0 Å². The molecule has 4 atom stereocenters. The summed E-state index contributed by atoms with van der Waals surface area (Å²) >= 11 is 4.61. The molecule has 0 aliphatic carbocycles. The Hall–Kier alpha value is 1.41. The molecule has 3 aliphatic rings. The van der Waals surface area contributed by atoms with Gasteiger partial charge in [0.25, 0.3) is 0 Å². The third-order valence-corrected chi connectivity index (χ3v) is 11.5. The zero-order valence-electron chi connectivity index (χ0n) is 10.0. The SMILES string of the molecule is C1OC1CSCC1CCC(SCC2CO2)C[Te]1. The van der Waals surface area contributed by atoms with Gasteiger partial charge in [-0.15, -0.1) is 0 Å². The van der Waals surface area contributed by atoms with Crippen LogP contribution in [0.5, 0.6) is 0 Å². The fourth-order valence-electron chi connectivity index (χ4n) is 1.95. The molecule has 3 saturated heterocycles. The topological polar surface area (TPSA) is 25.1 Å². The molecular formula is C12H20O2S2Te. The fourth-order valence-corrected chi connectivity index (χ4v) is 9.87. The maximum absolute atomic E-state index is 5.28. The van der Waals surface area contributed by atoms with Crippen molar-refractivity contribution < 1.29 is 9.47 Å². The first kappa shape index (κ1) is 13.4. The van der Waals surface area contributed by atoms with Crippen molar-refractivity contribution in [3.05, 3.63) is 0 Å². The van der Waals surface area contributed by atoms with Crippen LogP contribution in [0.15, 0.2) is 0 Å². The van der Waals surface area contributed by atoms with Crippen molar-refractivity contribution in [2.24, 2.45) is 0 Å². The van der Waals surface area contributed by atoms with E-state index in [1.807, 2.05) is 0 Å². The van der Waals surface area contributed by atoms with Gasteiger partial charge in [0.15, 0.2) is 0 Å². The van der Waals surface area contributed by atoms with Crippen molar-refractivity contribution in [2.45, 2.75) is 38.7 Å². The van der Waals surface area contributed by atoms with E-state index in [1.165, 1.54) is 30.1 Å². The second-order valence-corrected chi connectivity index (χ2v) is 11.1. The summed E-state index contributed by atoms with van der Waals surface area (Å²) in [4.78, 5) is 0. The molecule has 3 heterocycles. The van der Waals surface area contributed by atoms with E-state index in [2.05, 4.69) is 23.5 Å². The van der Waals surface area contributed by atoms with Gasteiger partial charge in [0.05, 0.1) is 0 Å². The Bertz CT molecular complexity index is 239. The molecule has 98 valence electrons. The molecule has 5 heteroatoms. The van der Waals surface area contributed by atoms with Gasteiger partial charge < -0.3 is 0 Å². The van der Waals surface area contributed by atoms with Crippen molar-refractivity contribution in [2.75, 3.05) is 30.5 Å². The van der Waals surface area contributed by atoms with Gasteiger partial charge in [-0.2, -0.15) is 0 Å². The Morgan fingerprint density at radius 3 is 2.41 bits per heavy atom. The minimum absolute atomic E-state index is 0.282. The zero-order valence-corrected chi connectivity index (χ0v) is 14.0. The number of rotatable bonds is 7. The van der Waals surface area contributed by atoms with E-state index in [-0.39, 0.29) is 20.9 Å². The molecule has 3 rings (SSSR count). The third-order valence-electron chi connectivity index (χ3n) is 3.26. The van der Waals surface area contributed by atoms with E-state index < -0.39 is 0 Å². The molecule has 4 unspecified atom stereocenters. The molecular weight excluding hydrogens is 368 g/mol. The van der Waals surface area contributed by atoms with Crippen LogP contribution in [0.2, 0.25) is 8.43 Å². The first-order valence-corrected chi connectivity index (χ1v) is 11.6. The van der Waals surface area contributed by atoms with Crippen LogP contribution in [0.1, 0.15) is 12.8 Å². The van der Waals surface area contributed by atoms with Crippen LogP contribution in [0.3, 0.4) is 0 Å².